The number of esters is 1. The van der Waals surface area contributed by atoms with Crippen LogP contribution in [0.25, 0.3) is 5.69 Å². The van der Waals surface area contributed by atoms with E-state index in [2.05, 4.69) is 10.9 Å². The van der Waals surface area contributed by atoms with Crippen molar-refractivity contribution < 1.29 is 19.4 Å². The standard InChI is InChI=1S/C16H11ClN2O4/c1-3-9-4-5-10(6-11(9)17)19-8-18-12-7-16(2,15(21)22)23-14(20)13(12)19/h1,4-6,8H,7H2,2H3,(H,21,22). The highest BCUT2D eigenvalue weighted by molar-refractivity contribution is 6.31. The molecule has 1 aromatic heterocycles. The summed E-state index contributed by atoms with van der Waals surface area (Å²) in [7, 11) is 0. The van der Waals surface area contributed by atoms with Crippen molar-refractivity contribution in [3.63, 3.8) is 0 Å². The Bertz CT molecular complexity index is 881. The van der Waals surface area contributed by atoms with Gasteiger partial charge in [-0.3, -0.25) is 4.57 Å². The van der Waals surface area contributed by atoms with Gasteiger partial charge in [-0.25, -0.2) is 14.6 Å². The van der Waals surface area contributed by atoms with Gasteiger partial charge in [0.05, 0.1) is 10.7 Å². The molecule has 1 atom stereocenters. The quantitative estimate of drug-likeness (QED) is 0.673. The van der Waals surface area contributed by atoms with E-state index in [-0.39, 0.29) is 12.1 Å². The second-order valence-corrected chi connectivity index (χ2v) is 5.73. The minimum absolute atomic E-state index is 0.00736. The van der Waals surface area contributed by atoms with Gasteiger partial charge < -0.3 is 9.84 Å². The van der Waals surface area contributed by atoms with Crippen LogP contribution in [0.3, 0.4) is 0 Å². The fraction of sp³-hybridized carbons (Fsp3) is 0.188. The van der Waals surface area contributed by atoms with E-state index in [1.54, 1.807) is 18.2 Å². The Balaban J connectivity index is 2.08. The molecule has 0 fully saturated rings. The molecule has 1 aliphatic heterocycles. The van der Waals surface area contributed by atoms with Crippen LogP contribution >= 0.6 is 11.6 Å². The van der Waals surface area contributed by atoms with Crippen LogP contribution in [0.2, 0.25) is 5.02 Å². The van der Waals surface area contributed by atoms with Crippen LogP contribution in [0, 0.1) is 12.3 Å². The lowest BCUT2D eigenvalue weighted by molar-refractivity contribution is -0.158. The number of nitrogens with zero attached hydrogens (tertiary/aromatic N) is 2. The number of aromatic nitrogens is 2. The molecule has 6 nitrogen and oxygen atoms in total. The van der Waals surface area contributed by atoms with Crippen molar-refractivity contribution in [1.82, 2.24) is 9.55 Å². The van der Waals surface area contributed by atoms with E-state index in [0.717, 1.165) is 0 Å². The van der Waals surface area contributed by atoms with E-state index in [1.165, 1.54) is 17.8 Å². The van der Waals surface area contributed by atoms with E-state index < -0.39 is 17.5 Å². The van der Waals surface area contributed by atoms with Gasteiger partial charge in [-0.05, 0) is 25.1 Å². The number of cyclic esters (lactones) is 1. The fourth-order valence-electron chi connectivity index (χ4n) is 2.43. The van der Waals surface area contributed by atoms with Crippen molar-refractivity contribution in [2.45, 2.75) is 18.9 Å². The van der Waals surface area contributed by atoms with E-state index in [1.807, 2.05) is 0 Å². The van der Waals surface area contributed by atoms with Gasteiger partial charge in [-0.2, -0.15) is 0 Å². The number of carboxylic acids is 1. The maximum atomic E-state index is 12.3. The first-order valence-electron chi connectivity index (χ1n) is 6.65. The first-order chi connectivity index (χ1) is 10.9. The third-order valence-corrected chi connectivity index (χ3v) is 4.01. The number of carbonyl (C=O) groups is 2. The summed E-state index contributed by atoms with van der Waals surface area (Å²) in [4.78, 5) is 27.7. The third-order valence-electron chi connectivity index (χ3n) is 3.70. The molecule has 7 heteroatoms. The first kappa shape index (κ1) is 15.1. The van der Waals surface area contributed by atoms with Crippen LogP contribution in [0.5, 0.6) is 0 Å². The second kappa shape index (κ2) is 5.14. The van der Waals surface area contributed by atoms with Crippen molar-refractivity contribution in [2.24, 2.45) is 0 Å². The molecule has 0 bridgehead atoms. The Morgan fingerprint density at radius 3 is 2.91 bits per heavy atom. The molecule has 3 rings (SSSR count). The van der Waals surface area contributed by atoms with Gasteiger partial charge in [0, 0.05) is 17.7 Å². The molecule has 1 aliphatic rings. The zero-order valence-corrected chi connectivity index (χ0v) is 12.8. The molecule has 2 heterocycles. The Hall–Kier alpha value is -2.78. The van der Waals surface area contributed by atoms with Crippen LogP contribution in [0.15, 0.2) is 24.5 Å². The van der Waals surface area contributed by atoms with Crippen LogP contribution in [-0.2, 0) is 16.0 Å². The van der Waals surface area contributed by atoms with Crippen molar-refractivity contribution in [3.8, 4) is 18.0 Å². The van der Waals surface area contributed by atoms with E-state index in [0.29, 0.717) is 22.0 Å². The number of hydrogen-bond donors (Lipinski definition) is 1. The van der Waals surface area contributed by atoms with Crippen molar-refractivity contribution in [2.75, 3.05) is 0 Å². The topological polar surface area (TPSA) is 81.4 Å². The summed E-state index contributed by atoms with van der Waals surface area (Å²) in [5.41, 5.74) is 0.0504. The summed E-state index contributed by atoms with van der Waals surface area (Å²) in [5.74, 6) is 0.488. The number of ether oxygens (including phenoxy) is 1. The number of terminal acetylenes is 1. The van der Waals surface area contributed by atoms with Gasteiger partial charge >= 0.3 is 11.9 Å². The average molecular weight is 331 g/mol. The number of benzene rings is 1. The third kappa shape index (κ3) is 2.35. The predicted octanol–water partition coefficient (Wildman–Crippen LogP) is 2.06. The molecule has 0 amide bonds. The maximum absolute atomic E-state index is 12.3. The van der Waals surface area contributed by atoms with E-state index >= 15 is 0 Å². The van der Waals surface area contributed by atoms with Crippen molar-refractivity contribution in [1.29, 1.82) is 0 Å². The number of hydrogen-bond acceptors (Lipinski definition) is 4. The van der Waals surface area contributed by atoms with Crippen LogP contribution in [0.1, 0.15) is 28.7 Å². The van der Waals surface area contributed by atoms with Gasteiger partial charge in [0.15, 0.2) is 5.69 Å². The molecule has 0 saturated carbocycles. The number of aliphatic carboxylic acids is 1. The largest absolute Gasteiger partial charge is 0.478 e. The lowest BCUT2D eigenvalue weighted by Gasteiger charge is -2.28. The monoisotopic (exact) mass is 330 g/mol. The van der Waals surface area contributed by atoms with Gasteiger partial charge in [0.1, 0.15) is 6.33 Å². The summed E-state index contributed by atoms with van der Waals surface area (Å²) < 4.78 is 6.60. The molecule has 116 valence electrons. The molecule has 0 aliphatic carbocycles. The number of imidazole rings is 1. The molecule has 1 N–H and O–H groups in total. The Morgan fingerprint density at radius 2 is 2.30 bits per heavy atom. The predicted molar refractivity (Wildman–Crippen MR) is 81.7 cm³/mol. The lowest BCUT2D eigenvalue weighted by atomic mass is 9.96. The molecule has 0 radical (unpaired) electrons. The molecule has 1 unspecified atom stereocenters. The summed E-state index contributed by atoms with van der Waals surface area (Å²) in [6.45, 7) is 1.34. The highest BCUT2D eigenvalue weighted by Crippen LogP contribution is 2.30. The zero-order chi connectivity index (χ0) is 16.8. The summed E-state index contributed by atoms with van der Waals surface area (Å²) >= 11 is 6.08. The summed E-state index contributed by atoms with van der Waals surface area (Å²) in [6, 6.07) is 4.96. The van der Waals surface area contributed by atoms with Gasteiger partial charge in [0.2, 0.25) is 5.60 Å². The molecule has 1 aromatic carbocycles. The summed E-state index contributed by atoms with van der Waals surface area (Å²) in [5, 5.41) is 9.58. The zero-order valence-electron chi connectivity index (χ0n) is 12.0. The number of halogens is 1. The molecular formula is C16H11ClN2O4. The Morgan fingerprint density at radius 1 is 1.57 bits per heavy atom. The highest BCUT2D eigenvalue weighted by atomic mass is 35.5. The van der Waals surface area contributed by atoms with E-state index in [4.69, 9.17) is 22.8 Å². The minimum atomic E-state index is -1.62. The van der Waals surface area contributed by atoms with Crippen LogP contribution < -0.4 is 0 Å². The first-order valence-corrected chi connectivity index (χ1v) is 7.03. The number of carboxylic acid groups (broad SMARTS) is 1. The Kier molecular flexibility index (Phi) is 3.38. The van der Waals surface area contributed by atoms with Gasteiger partial charge in [0.25, 0.3) is 0 Å². The Labute approximate surface area is 136 Å². The van der Waals surface area contributed by atoms with Crippen LogP contribution in [-0.4, -0.2) is 32.2 Å². The SMILES string of the molecule is C#Cc1ccc(-n2cnc3c2C(=O)OC(C)(C(=O)O)C3)cc1Cl. The normalized spacial score (nSPS) is 19.6. The molecule has 0 saturated heterocycles. The van der Waals surface area contributed by atoms with Gasteiger partial charge in [-0.15, -0.1) is 6.42 Å². The maximum Gasteiger partial charge on any atom is 0.358 e. The fourth-order valence-corrected chi connectivity index (χ4v) is 2.65. The molecule has 2 aromatic rings. The number of fused-ring (bicyclic) bond motifs is 1. The van der Waals surface area contributed by atoms with E-state index in [9.17, 15) is 14.7 Å². The highest BCUT2D eigenvalue weighted by Gasteiger charge is 2.45. The molecule has 23 heavy (non-hydrogen) atoms. The summed E-state index contributed by atoms with van der Waals surface area (Å²) in [6.07, 6.45) is 6.75. The van der Waals surface area contributed by atoms with Crippen molar-refractivity contribution in [3.05, 3.63) is 46.5 Å². The minimum Gasteiger partial charge on any atom is -0.478 e. The lowest BCUT2D eigenvalue weighted by Crippen LogP contribution is -2.46. The van der Waals surface area contributed by atoms with Crippen LogP contribution in [0.4, 0.5) is 0 Å². The smallest absolute Gasteiger partial charge is 0.358 e. The van der Waals surface area contributed by atoms with Crippen molar-refractivity contribution >= 4 is 23.5 Å². The molecule has 0 spiro atoms. The number of carbonyl (C=O) groups excluding carboxylic acids is 1. The second-order valence-electron chi connectivity index (χ2n) is 5.32. The van der Waals surface area contributed by atoms with Gasteiger partial charge in [-0.1, -0.05) is 17.5 Å². The number of rotatable bonds is 2. The molecular weight excluding hydrogens is 320 g/mol. The average Bonchev–Trinajstić information content (AvgIpc) is 2.90.